The maximum Gasteiger partial charge on any atom is 0.228 e. The molecule has 0 bridgehead atoms. The Morgan fingerprint density at radius 1 is 1.22 bits per heavy atom. The molecule has 104 valence electrons. The smallest absolute Gasteiger partial charge is 0.228 e. The second-order valence-electron chi connectivity index (χ2n) is 5.65. The van der Waals surface area contributed by atoms with Crippen LogP contribution in [-0.4, -0.2) is 22.7 Å². The van der Waals surface area contributed by atoms with E-state index in [4.69, 9.17) is 4.52 Å². The molecule has 4 heteroatoms. The molecule has 0 radical (unpaired) electrons. The first kappa shape index (κ1) is 15.2. The third kappa shape index (κ3) is 5.17. The highest BCUT2D eigenvalue weighted by Crippen LogP contribution is 2.11. The molecule has 0 aliphatic heterocycles. The third-order valence-electron chi connectivity index (χ3n) is 3.12. The second-order valence-corrected chi connectivity index (χ2v) is 5.65. The van der Waals surface area contributed by atoms with Gasteiger partial charge in [-0.2, -0.15) is 4.98 Å². The molecule has 0 saturated carbocycles. The average molecular weight is 253 g/mol. The number of nitrogens with one attached hydrogen (secondary N) is 1. The van der Waals surface area contributed by atoms with Crippen LogP contribution in [0, 0.1) is 11.8 Å². The van der Waals surface area contributed by atoms with Gasteiger partial charge in [0.2, 0.25) is 5.89 Å². The van der Waals surface area contributed by atoms with Gasteiger partial charge in [-0.1, -0.05) is 39.8 Å². The summed E-state index contributed by atoms with van der Waals surface area (Å²) in [7, 11) is 0. The largest absolute Gasteiger partial charge is 0.339 e. The van der Waals surface area contributed by atoms with Gasteiger partial charge in [0.05, 0.1) is 0 Å². The maximum absolute atomic E-state index is 5.32. The summed E-state index contributed by atoms with van der Waals surface area (Å²) < 4.78 is 5.32. The molecule has 1 heterocycles. The minimum atomic E-state index is 0.411. The van der Waals surface area contributed by atoms with E-state index in [2.05, 4.69) is 50.1 Å². The van der Waals surface area contributed by atoms with Gasteiger partial charge in [-0.25, -0.2) is 0 Å². The molecule has 18 heavy (non-hydrogen) atoms. The molecule has 0 aliphatic rings. The molecule has 1 rings (SSSR count). The Hall–Kier alpha value is -0.900. The van der Waals surface area contributed by atoms with Crippen molar-refractivity contribution in [2.45, 2.75) is 59.9 Å². The van der Waals surface area contributed by atoms with Crippen molar-refractivity contribution >= 4 is 0 Å². The molecule has 1 aromatic heterocycles. The molecule has 1 aromatic rings. The quantitative estimate of drug-likeness (QED) is 0.774. The lowest BCUT2D eigenvalue weighted by atomic mass is 10.0. The lowest BCUT2D eigenvalue weighted by Gasteiger charge is -2.19. The topological polar surface area (TPSA) is 51.0 Å². The number of hydrogen-bond donors (Lipinski definition) is 1. The summed E-state index contributed by atoms with van der Waals surface area (Å²) in [6, 6.07) is 0.411. The van der Waals surface area contributed by atoms with Crippen LogP contribution in [0.3, 0.4) is 0 Å². The predicted octanol–water partition coefficient (Wildman–Crippen LogP) is 2.83. The summed E-state index contributed by atoms with van der Waals surface area (Å²) in [6.07, 6.45) is 2.84. The van der Waals surface area contributed by atoms with Gasteiger partial charge in [0.15, 0.2) is 5.82 Å². The molecule has 0 saturated heterocycles. The van der Waals surface area contributed by atoms with E-state index in [9.17, 15) is 0 Å². The van der Waals surface area contributed by atoms with Crippen LogP contribution in [0.15, 0.2) is 4.52 Å². The Morgan fingerprint density at radius 3 is 2.50 bits per heavy atom. The van der Waals surface area contributed by atoms with Crippen LogP contribution in [0.4, 0.5) is 0 Å². The zero-order valence-corrected chi connectivity index (χ0v) is 12.4. The van der Waals surface area contributed by atoms with Crippen molar-refractivity contribution in [2.75, 3.05) is 6.54 Å². The Morgan fingerprint density at radius 2 is 1.94 bits per heavy atom. The van der Waals surface area contributed by atoms with Crippen LogP contribution in [0.1, 0.15) is 52.8 Å². The predicted molar refractivity (Wildman–Crippen MR) is 73.5 cm³/mol. The van der Waals surface area contributed by atoms with Gasteiger partial charge in [-0.3, -0.25) is 0 Å². The zero-order chi connectivity index (χ0) is 13.5. The Bertz CT molecular complexity index is 334. The van der Waals surface area contributed by atoms with Gasteiger partial charge >= 0.3 is 0 Å². The monoisotopic (exact) mass is 253 g/mol. The molecule has 0 spiro atoms. The lowest BCUT2D eigenvalue weighted by molar-refractivity contribution is 0.326. The number of likely N-dealkylation sites (N-methyl/N-ethyl adjacent to an activating group) is 1. The Labute approximate surface area is 111 Å². The highest BCUT2D eigenvalue weighted by Gasteiger charge is 2.16. The Balaban J connectivity index is 2.51. The highest BCUT2D eigenvalue weighted by molar-refractivity contribution is 4.90. The van der Waals surface area contributed by atoms with Crippen molar-refractivity contribution in [1.29, 1.82) is 0 Å². The van der Waals surface area contributed by atoms with Gasteiger partial charge in [-0.15, -0.1) is 0 Å². The van der Waals surface area contributed by atoms with Crippen molar-refractivity contribution in [3.63, 3.8) is 0 Å². The second kappa shape index (κ2) is 7.52. The van der Waals surface area contributed by atoms with Crippen LogP contribution in [0.25, 0.3) is 0 Å². The summed E-state index contributed by atoms with van der Waals surface area (Å²) in [4.78, 5) is 4.47. The standard InChI is InChI=1S/C14H27N3O/c1-6-15-12(11(4)5)9-14-16-13(17-18-14)8-7-10(2)3/h10-12,15H,6-9H2,1-5H3. The number of rotatable bonds is 8. The molecule has 1 unspecified atom stereocenters. The fourth-order valence-electron chi connectivity index (χ4n) is 1.89. The van der Waals surface area contributed by atoms with Crippen LogP contribution in [0.2, 0.25) is 0 Å². The van der Waals surface area contributed by atoms with Gasteiger partial charge in [0.1, 0.15) is 0 Å². The normalized spacial score (nSPS) is 13.5. The SMILES string of the molecule is CCNC(Cc1nc(CCC(C)C)no1)C(C)C. The molecule has 1 N–H and O–H groups in total. The summed E-state index contributed by atoms with van der Waals surface area (Å²) in [5.41, 5.74) is 0. The van der Waals surface area contributed by atoms with Gasteiger partial charge in [0, 0.05) is 18.9 Å². The van der Waals surface area contributed by atoms with Crippen LogP contribution >= 0.6 is 0 Å². The number of hydrogen-bond acceptors (Lipinski definition) is 4. The minimum Gasteiger partial charge on any atom is -0.339 e. The van der Waals surface area contributed by atoms with E-state index in [1.54, 1.807) is 0 Å². The Kier molecular flexibility index (Phi) is 6.33. The first-order valence-electron chi connectivity index (χ1n) is 7.07. The summed E-state index contributed by atoms with van der Waals surface area (Å²) in [5.74, 6) is 2.85. The van der Waals surface area contributed by atoms with E-state index >= 15 is 0 Å². The minimum absolute atomic E-state index is 0.411. The molecule has 0 aromatic carbocycles. The van der Waals surface area contributed by atoms with Gasteiger partial charge in [-0.05, 0) is 24.8 Å². The highest BCUT2D eigenvalue weighted by atomic mass is 16.5. The van der Waals surface area contributed by atoms with Crippen molar-refractivity contribution in [1.82, 2.24) is 15.5 Å². The van der Waals surface area contributed by atoms with E-state index in [1.807, 2.05) is 0 Å². The summed E-state index contributed by atoms with van der Waals surface area (Å²) in [5, 5.41) is 7.51. The van der Waals surface area contributed by atoms with Crippen LogP contribution in [0.5, 0.6) is 0 Å². The molecule has 0 amide bonds. The number of aryl methyl sites for hydroxylation is 1. The van der Waals surface area contributed by atoms with Crippen molar-refractivity contribution in [2.24, 2.45) is 11.8 Å². The summed E-state index contributed by atoms with van der Waals surface area (Å²) in [6.45, 7) is 11.9. The van der Waals surface area contributed by atoms with E-state index in [-0.39, 0.29) is 0 Å². The molecule has 0 aliphatic carbocycles. The average Bonchev–Trinajstić information content (AvgIpc) is 2.73. The maximum atomic E-state index is 5.32. The fourth-order valence-corrected chi connectivity index (χ4v) is 1.89. The van der Waals surface area contributed by atoms with Crippen LogP contribution < -0.4 is 5.32 Å². The third-order valence-corrected chi connectivity index (χ3v) is 3.12. The fraction of sp³-hybridized carbons (Fsp3) is 0.857. The first-order valence-corrected chi connectivity index (χ1v) is 7.07. The van der Waals surface area contributed by atoms with E-state index in [0.29, 0.717) is 17.9 Å². The first-order chi connectivity index (χ1) is 8.52. The van der Waals surface area contributed by atoms with E-state index in [0.717, 1.165) is 37.5 Å². The van der Waals surface area contributed by atoms with Gasteiger partial charge < -0.3 is 9.84 Å². The molecule has 1 atom stereocenters. The van der Waals surface area contributed by atoms with E-state index < -0.39 is 0 Å². The summed E-state index contributed by atoms with van der Waals surface area (Å²) >= 11 is 0. The van der Waals surface area contributed by atoms with Crippen LogP contribution in [-0.2, 0) is 12.8 Å². The van der Waals surface area contributed by atoms with Crippen molar-refractivity contribution in [3.05, 3.63) is 11.7 Å². The van der Waals surface area contributed by atoms with Gasteiger partial charge in [0.25, 0.3) is 0 Å². The molecular formula is C14H27N3O. The number of nitrogens with zero attached hydrogens (tertiary/aromatic N) is 2. The molecule has 4 nitrogen and oxygen atoms in total. The molecule has 0 fully saturated rings. The zero-order valence-electron chi connectivity index (χ0n) is 12.4. The van der Waals surface area contributed by atoms with E-state index in [1.165, 1.54) is 0 Å². The number of aromatic nitrogens is 2. The van der Waals surface area contributed by atoms with Crippen molar-refractivity contribution < 1.29 is 4.52 Å². The van der Waals surface area contributed by atoms with Crippen molar-refractivity contribution in [3.8, 4) is 0 Å². The molecular weight excluding hydrogens is 226 g/mol. The lowest BCUT2D eigenvalue weighted by Crippen LogP contribution is -2.35.